The number of hydrogen-bond donors (Lipinski definition) is 1. The molecule has 5 rings (SSSR count). The fourth-order valence-electron chi connectivity index (χ4n) is 4.27. The van der Waals surface area contributed by atoms with Crippen molar-refractivity contribution in [1.82, 2.24) is 14.9 Å². The number of rotatable bonds is 2. The van der Waals surface area contributed by atoms with Gasteiger partial charge in [-0.3, -0.25) is 4.79 Å². The zero-order valence-electron chi connectivity index (χ0n) is 15.7. The van der Waals surface area contributed by atoms with Crippen LogP contribution < -0.4 is 15.8 Å². The molecule has 0 amide bonds. The monoisotopic (exact) mass is 398 g/mol. The van der Waals surface area contributed by atoms with Gasteiger partial charge in [-0.15, -0.1) is 11.3 Å². The highest BCUT2D eigenvalue weighted by Crippen LogP contribution is 2.34. The molecule has 146 valence electrons. The van der Waals surface area contributed by atoms with Crippen LogP contribution in [-0.4, -0.2) is 35.7 Å². The predicted octanol–water partition coefficient (Wildman–Crippen LogP) is 3.26. The smallest absolute Gasteiger partial charge is 0.268 e. The quantitative estimate of drug-likeness (QED) is 0.673. The summed E-state index contributed by atoms with van der Waals surface area (Å²) in [6.45, 7) is 3.31. The summed E-state index contributed by atoms with van der Waals surface area (Å²) < 4.78 is 15.2. The van der Waals surface area contributed by atoms with Crippen LogP contribution in [0.25, 0.3) is 15.9 Å². The molecular weight excluding hydrogens is 375 g/mol. The summed E-state index contributed by atoms with van der Waals surface area (Å²) in [4.78, 5) is 23.0. The van der Waals surface area contributed by atoms with Crippen LogP contribution >= 0.6 is 11.3 Å². The minimum absolute atomic E-state index is 0.0236. The Kier molecular flexibility index (Phi) is 4.64. The molecule has 5 nitrogen and oxygen atoms in total. The summed E-state index contributed by atoms with van der Waals surface area (Å²) in [5.74, 6) is 0.362. The maximum Gasteiger partial charge on any atom is 0.268 e. The number of aromatic nitrogens is 2. The second-order valence-corrected chi connectivity index (χ2v) is 8.59. The van der Waals surface area contributed by atoms with Gasteiger partial charge in [0.05, 0.1) is 11.1 Å². The molecule has 0 unspecified atom stereocenters. The van der Waals surface area contributed by atoms with Gasteiger partial charge in [-0.1, -0.05) is 6.42 Å². The van der Waals surface area contributed by atoms with Gasteiger partial charge < -0.3 is 10.2 Å². The van der Waals surface area contributed by atoms with Crippen LogP contribution in [0, 0.1) is 5.82 Å². The van der Waals surface area contributed by atoms with Gasteiger partial charge in [0, 0.05) is 31.1 Å². The fraction of sp³-hybridized carbons (Fsp3) is 0.429. The molecule has 1 aliphatic carbocycles. The van der Waals surface area contributed by atoms with E-state index in [9.17, 15) is 9.18 Å². The Bertz CT molecular complexity index is 1070. The summed E-state index contributed by atoms with van der Waals surface area (Å²) in [6.07, 6.45) is 5.49. The molecule has 0 radical (unpaired) electrons. The highest BCUT2D eigenvalue weighted by atomic mass is 32.1. The van der Waals surface area contributed by atoms with E-state index >= 15 is 0 Å². The van der Waals surface area contributed by atoms with Crippen LogP contribution in [0.15, 0.2) is 29.1 Å². The Morgan fingerprint density at radius 1 is 1.04 bits per heavy atom. The van der Waals surface area contributed by atoms with Gasteiger partial charge in [0.1, 0.15) is 10.6 Å². The first-order valence-electron chi connectivity index (χ1n) is 10.0. The molecule has 1 saturated heterocycles. The van der Waals surface area contributed by atoms with Crippen molar-refractivity contribution in [3.63, 3.8) is 0 Å². The number of hydrogen-bond acceptors (Lipinski definition) is 5. The van der Waals surface area contributed by atoms with E-state index in [-0.39, 0.29) is 11.4 Å². The number of nitrogens with one attached hydrogen (secondary N) is 1. The standard InChI is InChI=1S/C21H23FN4OS/c22-14-6-8-15(9-7-14)26-20(27)18-16-4-2-1-3-5-17(16)28-19(18)24-21(26)25-12-10-23-11-13-25/h6-9,23H,1-5,10-13H2. The summed E-state index contributed by atoms with van der Waals surface area (Å²) in [5, 5.41) is 4.11. The van der Waals surface area contributed by atoms with Crippen molar-refractivity contribution in [2.75, 3.05) is 31.1 Å². The van der Waals surface area contributed by atoms with Crippen LogP contribution in [0.2, 0.25) is 0 Å². The van der Waals surface area contributed by atoms with Gasteiger partial charge in [-0.2, -0.15) is 0 Å². The van der Waals surface area contributed by atoms with Gasteiger partial charge in [0.15, 0.2) is 0 Å². The Morgan fingerprint density at radius 3 is 2.57 bits per heavy atom. The minimum Gasteiger partial charge on any atom is -0.339 e. The van der Waals surface area contributed by atoms with E-state index in [1.807, 2.05) is 0 Å². The molecule has 1 fully saturated rings. The molecule has 1 aliphatic heterocycles. The molecule has 2 aliphatic rings. The van der Waals surface area contributed by atoms with E-state index in [0.717, 1.165) is 55.7 Å². The lowest BCUT2D eigenvalue weighted by Gasteiger charge is -2.30. The number of aryl methyl sites for hydroxylation is 2. The van der Waals surface area contributed by atoms with Crippen LogP contribution in [0.3, 0.4) is 0 Å². The van der Waals surface area contributed by atoms with Crippen LogP contribution in [0.5, 0.6) is 0 Å². The van der Waals surface area contributed by atoms with E-state index in [4.69, 9.17) is 4.98 Å². The van der Waals surface area contributed by atoms with Gasteiger partial charge in [-0.25, -0.2) is 13.9 Å². The molecule has 2 aromatic heterocycles. The van der Waals surface area contributed by atoms with Crippen LogP contribution in [0.1, 0.15) is 29.7 Å². The molecule has 1 aromatic carbocycles. The lowest BCUT2D eigenvalue weighted by Crippen LogP contribution is -2.46. The second-order valence-electron chi connectivity index (χ2n) is 7.51. The fourth-order valence-corrected chi connectivity index (χ4v) is 5.52. The number of piperazine rings is 1. The summed E-state index contributed by atoms with van der Waals surface area (Å²) >= 11 is 1.68. The zero-order chi connectivity index (χ0) is 19.1. The van der Waals surface area contributed by atoms with Gasteiger partial charge in [-0.05, 0) is 55.5 Å². The molecule has 3 heterocycles. The molecular formula is C21H23FN4OS. The second kappa shape index (κ2) is 7.29. The summed E-state index contributed by atoms with van der Waals surface area (Å²) in [7, 11) is 0. The third-order valence-corrected chi connectivity index (χ3v) is 6.89. The number of anilines is 1. The summed E-state index contributed by atoms with van der Waals surface area (Å²) in [5.41, 5.74) is 1.84. The topological polar surface area (TPSA) is 50.2 Å². The highest BCUT2D eigenvalue weighted by molar-refractivity contribution is 7.18. The Labute approximate surface area is 166 Å². The van der Waals surface area contributed by atoms with Crippen molar-refractivity contribution in [3.8, 4) is 5.69 Å². The maximum absolute atomic E-state index is 13.7. The van der Waals surface area contributed by atoms with E-state index in [2.05, 4.69) is 10.2 Å². The predicted molar refractivity (Wildman–Crippen MR) is 112 cm³/mol. The lowest BCUT2D eigenvalue weighted by molar-refractivity contribution is 0.575. The molecule has 0 bridgehead atoms. The molecule has 0 atom stereocenters. The first-order chi connectivity index (χ1) is 13.7. The average molecular weight is 399 g/mol. The van der Waals surface area contributed by atoms with Crippen molar-refractivity contribution < 1.29 is 4.39 Å². The van der Waals surface area contributed by atoms with Gasteiger partial charge in [0.25, 0.3) is 5.56 Å². The largest absolute Gasteiger partial charge is 0.339 e. The SMILES string of the molecule is O=c1c2c3c(sc2nc(N2CCNCC2)n1-c1ccc(F)cc1)CCCCC3. The zero-order valence-corrected chi connectivity index (χ0v) is 16.5. The van der Waals surface area contributed by atoms with E-state index in [1.165, 1.54) is 35.4 Å². The molecule has 0 saturated carbocycles. The minimum atomic E-state index is -0.307. The van der Waals surface area contributed by atoms with Crippen molar-refractivity contribution in [1.29, 1.82) is 0 Å². The molecule has 1 N–H and O–H groups in total. The Hall–Kier alpha value is -2.25. The third kappa shape index (κ3) is 3.02. The Balaban J connectivity index is 1.77. The van der Waals surface area contributed by atoms with Crippen molar-refractivity contribution in [3.05, 3.63) is 50.9 Å². The summed E-state index contributed by atoms with van der Waals surface area (Å²) in [6, 6.07) is 6.14. The van der Waals surface area contributed by atoms with Crippen molar-refractivity contribution in [2.45, 2.75) is 32.1 Å². The van der Waals surface area contributed by atoms with E-state index in [1.54, 1.807) is 28.0 Å². The highest BCUT2D eigenvalue weighted by Gasteiger charge is 2.25. The Morgan fingerprint density at radius 2 is 1.79 bits per heavy atom. The number of thiophene rings is 1. The number of benzene rings is 1. The molecule has 0 spiro atoms. The normalized spacial score (nSPS) is 17.5. The van der Waals surface area contributed by atoms with Gasteiger partial charge in [0.2, 0.25) is 5.95 Å². The van der Waals surface area contributed by atoms with E-state index < -0.39 is 0 Å². The third-order valence-electron chi connectivity index (χ3n) is 5.71. The number of nitrogens with zero attached hydrogens (tertiary/aromatic N) is 3. The molecule has 7 heteroatoms. The van der Waals surface area contributed by atoms with Gasteiger partial charge >= 0.3 is 0 Å². The average Bonchev–Trinajstić information content (AvgIpc) is 2.91. The van der Waals surface area contributed by atoms with E-state index in [0.29, 0.717) is 11.6 Å². The number of fused-ring (bicyclic) bond motifs is 3. The van der Waals surface area contributed by atoms with Crippen LogP contribution in [-0.2, 0) is 12.8 Å². The first kappa shape index (κ1) is 17.8. The molecule has 3 aromatic rings. The van der Waals surface area contributed by atoms with Crippen molar-refractivity contribution >= 4 is 27.5 Å². The van der Waals surface area contributed by atoms with Crippen LogP contribution in [0.4, 0.5) is 10.3 Å². The molecule has 28 heavy (non-hydrogen) atoms. The maximum atomic E-state index is 13.7. The lowest BCUT2D eigenvalue weighted by atomic mass is 10.1. The number of halogens is 1. The van der Waals surface area contributed by atoms with Crippen molar-refractivity contribution in [2.24, 2.45) is 0 Å². The first-order valence-corrected chi connectivity index (χ1v) is 10.8.